The van der Waals surface area contributed by atoms with E-state index in [0.717, 1.165) is 35.1 Å². The van der Waals surface area contributed by atoms with Crippen LogP contribution in [0.5, 0.6) is 0 Å². The van der Waals surface area contributed by atoms with Crippen LogP contribution in [0.15, 0.2) is 59.9 Å². The highest BCUT2D eigenvalue weighted by Crippen LogP contribution is 2.48. The number of methoxy groups -OCH3 is 2. The van der Waals surface area contributed by atoms with Crippen LogP contribution in [-0.4, -0.2) is 55.4 Å². The van der Waals surface area contributed by atoms with Gasteiger partial charge >= 0.3 is 11.9 Å². The van der Waals surface area contributed by atoms with Gasteiger partial charge in [-0.25, -0.2) is 4.79 Å². The second-order valence-electron chi connectivity index (χ2n) is 9.29. The Morgan fingerprint density at radius 2 is 1.57 bits per heavy atom. The van der Waals surface area contributed by atoms with Gasteiger partial charge in [-0.1, -0.05) is 59.7 Å². The zero-order valence-electron chi connectivity index (χ0n) is 20.7. The zero-order chi connectivity index (χ0) is 25.1. The van der Waals surface area contributed by atoms with E-state index in [2.05, 4.69) is 4.90 Å². The van der Waals surface area contributed by atoms with Crippen LogP contribution >= 0.6 is 0 Å². The average Bonchev–Trinajstić information content (AvgIpc) is 3.38. The van der Waals surface area contributed by atoms with Crippen molar-refractivity contribution in [3.63, 3.8) is 0 Å². The molecular weight excluding hydrogens is 446 g/mol. The van der Waals surface area contributed by atoms with Gasteiger partial charge in [-0.05, 0) is 37.8 Å². The topological polar surface area (TPSA) is 85.3 Å². The van der Waals surface area contributed by atoms with Gasteiger partial charge in [0.1, 0.15) is 11.7 Å². The Bertz CT molecular complexity index is 1090. The number of nitrogens with zero attached hydrogens (tertiary/aromatic N) is 1. The molecule has 2 aromatic rings. The maximum absolute atomic E-state index is 13.1. The fourth-order valence-corrected chi connectivity index (χ4v) is 5.17. The van der Waals surface area contributed by atoms with Gasteiger partial charge in [0.25, 0.3) is 0 Å². The summed E-state index contributed by atoms with van der Waals surface area (Å²) in [6.07, 6.45) is 1.77. The molecule has 4 rings (SSSR count). The summed E-state index contributed by atoms with van der Waals surface area (Å²) in [6.45, 7) is 5.13. The molecule has 0 radical (unpaired) electrons. The smallest absolute Gasteiger partial charge is 0.339 e. The quantitative estimate of drug-likeness (QED) is 0.617. The lowest BCUT2D eigenvalue weighted by atomic mass is 9.78. The van der Waals surface area contributed by atoms with Gasteiger partial charge in [0.05, 0.1) is 38.0 Å². The van der Waals surface area contributed by atoms with E-state index in [-0.39, 0.29) is 17.4 Å². The van der Waals surface area contributed by atoms with Crippen LogP contribution in [0.2, 0.25) is 0 Å². The lowest BCUT2D eigenvalue weighted by molar-refractivity contribution is -0.150. The van der Waals surface area contributed by atoms with Crippen LogP contribution in [0.4, 0.5) is 0 Å². The molecule has 35 heavy (non-hydrogen) atoms. The van der Waals surface area contributed by atoms with Crippen molar-refractivity contribution in [2.75, 3.05) is 27.4 Å². The number of hydrogen-bond acceptors (Lipinski definition) is 7. The Labute approximate surface area is 206 Å². The number of ether oxygens (including phenoxy) is 3. The van der Waals surface area contributed by atoms with Crippen molar-refractivity contribution in [2.24, 2.45) is 5.92 Å². The Morgan fingerprint density at radius 1 is 0.971 bits per heavy atom. The van der Waals surface area contributed by atoms with Crippen LogP contribution in [0.1, 0.15) is 47.2 Å². The van der Waals surface area contributed by atoms with Crippen LogP contribution < -0.4 is 0 Å². The third-order valence-corrected chi connectivity index (χ3v) is 6.96. The van der Waals surface area contributed by atoms with Crippen LogP contribution in [0.3, 0.4) is 0 Å². The highest BCUT2D eigenvalue weighted by atomic mass is 16.5. The molecule has 1 N–H and O–H groups in total. The summed E-state index contributed by atoms with van der Waals surface area (Å²) >= 11 is 0. The number of hydrogen-bond donors (Lipinski definition) is 1. The number of aryl methyl sites for hydroxylation is 2. The van der Waals surface area contributed by atoms with E-state index in [1.165, 1.54) is 14.2 Å². The molecule has 1 fully saturated rings. The molecule has 0 aliphatic carbocycles. The SMILES string of the molecule is COC(=O)C1=C(O)[C@H](C(=O)OC)[C@H](c2ccc(C)cc2)N(C[C@H]2CCCO2)[C@H]1c1ccc(C)cc1. The molecule has 0 bridgehead atoms. The zero-order valence-corrected chi connectivity index (χ0v) is 20.7. The third-order valence-electron chi connectivity index (χ3n) is 6.96. The summed E-state index contributed by atoms with van der Waals surface area (Å²) < 4.78 is 16.2. The first kappa shape index (κ1) is 24.9. The molecule has 7 heteroatoms. The Balaban J connectivity index is 1.97. The summed E-state index contributed by atoms with van der Waals surface area (Å²) in [6, 6.07) is 14.5. The van der Waals surface area contributed by atoms with E-state index in [4.69, 9.17) is 14.2 Å². The standard InChI is InChI=1S/C28H33NO6/c1-17-7-11-19(12-8-17)24-22(27(31)33-3)26(30)23(28(32)34-4)25(20-13-9-18(2)10-14-20)29(24)16-21-6-5-15-35-21/h7-14,21-22,24-25,30H,5-6,15-16H2,1-4H3/t21-,22-,24+,25+/m1/s1. The van der Waals surface area contributed by atoms with Gasteiger partial charge in [-0.15, -0.1) is 0 Å². The van der Waals surface area contributed by atoms with E-state index >= 15 is 0 Å². The van der Waals surface area contributed by atoms with E-state index in [9.17, 15) is 14.7 Å². The van der Waals surface area contributed by atoms with Crippen molar-refractivity contribution in [1.82, 2.24) is 4.90 Å². The normalized spacial score (nSPS) is 24.9. The van der Waals surface area contributed by atoms with Gasteiger partial charge in [-0.3, -0.25) is 9.69 Å². The van der Waals surface area contributed by atoms with Crippen molar-refractivity contribution >= 4 is 11.9 Å². The summed E-state index contributed by atoms with van der Waals surface area (Å²) in [4.78, 5) is 28.3. The van der Waals surface area contributed by atoms with Crippen molar-refractivity contribution < 1.29 is 28.9 Å². The van der Waals surface area contributed by atoms with Crippen LogP contribution in [-0.2, 0) is 23.8 Å². The summed E-state index contributed by atoms with van der Waals surface area (Å²) in [7, 11) is 2.56. The monoisotopic (exact) mass is 479 g/mol. The van der Waals surface area contributed by atoms with Gasteiger partial charge in [0, 0.05) is 13.2 Å². The van der Waals surface area contributed by atoms with E-state index in [1.807, 2.05) is 62.4 Å². The number of rotatable bonds is 6. The molecule has 0 aromatic heterocycles. The van der Waals surface area contributed by atoms with E-state index in [0.29, 0.717) is 13.2 Å². The summed E-state index contributed by atoms with van der Waals surface area (Å²) in [5.74, 6) is -2.71. The molecule has 4 atom stereocenters. The molecule has 186 valence electrons. The van der Waals surface area contributed by atoms with Crippen LogP contribution in [0.25, 0.3) is 0 Å². The lowest BCUT2D eigenvalue weighted by Crippen LogP contribution is -2.49. The number of aliphatic hydroxyl groups excluding tert-OH is 1. The fraction of sp³-hybridized carbons (Fsp3) is 0.429. The highest BCUT2D eigenvalue weighted by Gasteiger charge is 2.50. The maximum Gasteiger partial charge on any atom is 0.339 e. The number of esters is 2. The third kappa shape index (κ3) is 4.97. The largest absolute Gasteiger partial charge is 0.511 e. The molecule has 2 aromatic carbocycles. The van der Waals surface area contributed by atoms with Crippen molar-refractivity contribution in [3.8, 4) is 0 Å². The van der Waals surface area contributed by atoms with Crippen molar-refractivity contribution in [2.45, 2.75) is 44.9 Å². The van der Waals surface area contributed by atoms with Crippen molar-refractivity contribution in [1.29, 1.82) is 0 Å². The maximum atomic E-state index is 13.1. The summed E-state index contributed by atoms with van der Waals surface area (Å²) in [5, 5.41) is 11.5. The van der Waals surface area contributed by atoms with E-state index < -0.39 is 29.9 Å². The van der Waals surface area contributed by atoms with E-state index in [1.54, 1.807) is 0 Å². The molecule has 1 saturated heterocycles. The Kier molecular flexibility index (Phi) is 7.57. The van der Waals surface area contributed by atoms with Gasteiger partial charge in [-0.2, -0.15) is 0 Å². The minimum absolute atomic E-state index is 0.0492. The molecule has 0 saturated carbocycles. The average molecular weight is 480 g/mol. The molecule has 0 unspecified atom stereocenters. The molecule has 0 spiro atoms. The fourth-order valence-electron chi connectivity index (χ4n) is 5.17. The Hall–Kier alpha value is -3.16. The molecule has 7 nitrogen and oxygen atoms in total. The minimum Gasteiger partial charge on any atom is -0.511 e. The second kappa shape index (κ2) is 10.6. The predicted octanol–water partition coefficient (Wildman–Crippen LogP) is 4.35. The second-order valence-corrected chi connectivity index (χ2v) is 9.29. The van der Waals surface area contributed by atoms with Crippen molar-refractivity contribution in [3.05, 3.63) is 82.1 Å². The Morgan fingerprint density at radius 3 is 2.09 bits per heavy atom. The number of carbonyl (C=O) groups excluding carboxylic acids is 2. The highest BCUT2D eigenvalue weighted by molar-refractivity contribution is 5.93. The number of benzene rings is 2. The first-order valence-electron chi connectivity index (χ1n) is 11.9. The van der Waals surface area contributed by atoms with Gasteiger partial charge in [0.2, 0.25) is 0 Å². The lowest BCUT2D eigenvalue weighted by Gasteiger charge is -2.46. The number of carbonyl (C=O) groups is 2. The molecule has 2 heterocycles. The minimum atomic E-state index is -1.10. The first-order chi connectivity index (χ1) is 16.8. The first-order valence-corrected chi connectivity index (χ1v) is 11.9. The molecular formula is C28H33NO6. The molecule has 2 aliphatic heterocycles. The van der Waals surface area contributed by atoms with Gasteiger partial charge in [0.15, 0.2) is 0 Å². The molecule has 2 aliphatic rings. The summed E-state index contributed by atoms with van der Waals surface area (Å²) in [5.41, 5.74) is 3.87. The predicted molar refractivity (Wildman–Crippen MR) is 131 cm³/mol. The molecule has 0 amide bonds. The van der Waals surface area contributed by atoms with Gasteiger partial charge < -0.3 is 19.3 Å². The van der Waals surface area contributed by atoms with Crippen LogP contribution in [0, 0.1) is 19.8 Å². The number of aliphatic hydroxyl groups is 1.